The standard InChI is InChI=1S/C19H21N5O3/c1-11-17(13(3)27-23-11)21-19(26)16-10-15(18(25)20-4)22-24(16)12(2)14-8-6-5-7-9-14/h5-10,12H,1-4H3,(H,20,25)(H,21,26). The lowest BCUT2D eigenvalue weighted by atomic mass is 10.1. The first-order valence-corrected chi connectivity index (χ1v) is 8.53. The second-order valence-corrected chi connectivity index (χ2v) is 6.18. The summed E-state index contributed by atoms with van der Waals surface area (Å²) in [6, 6.07) is 10.9. The topological polar surface area (TPSA) is 102 Å². The largest absolute Gasteiger partial charge is 0.359 e. The molecule has 0 aliphatic heterocycles. The maximum atomic E-state index is 12.9. The molecule has 0 aliphatic carbocycles. The smallest absolute Gasteiger partial charge is 0.274 e. The summed E-state index contributed by atoms with van der Waals surface area (Å²) in [6.45, 7) is 5.38. The first kappa shape index (κ1) is 18.4. The molecule has 140 valence electrons. The van der Waals surface area contributed by atoms with Gasteiger partial charge in [0.25, 0.3) is 11.8 Å². The zero-order chi connectivity index (χ0) is 19.6. The summed E-state index contributed by atoms with van der Waals surface area (Å²) in [7, 11) is 1.52. The van der Waals surface area contributed by atoms with Crippen molar-refractivity contribution in [2.45, 2.75) is 26.8 Å². The highest BCUT2D eigenvalue weighted by molar-refractivity contribution is 6.05. The van der Waals surface area contributed by atoms with E-state index < -0.39 is 5.91 Å². The van der Waals surface area contributed by atoms with Crippen LogP contribution in [0.4, 0.5) is 5.69 Å². The number of hydrogen-bond acceptors (Lipinski definition) is 5. The van der Waals surface area contributed by atoms with Crippen LogP contribution in [0.5, 0.6) is 0 Å². The Morgan fingerprint density at radius 1 is 1.15 bits per heavy atom. The van der Waals surface area contributed by atoms with Gasteiger partial charge in [-0.05, 0) is 26.3 Å². The molecule has 0 saturated carbocycles. The molecule has 2 N–H and O–H groups in total. The molecule has 8 nitrogen and oxygen atoms in total. The predicted molar refractivity (Wildman–Crippen MR) is 99.8 cm³/mol. The van der Waals surface area contributed by atoms with Crippen molar-refractivity contribution < 1.29 is 14.1 Å². The minimum absolute atomic E-state index is 0.171. The monoisotopic (exact) mass is 367 g/mol. The first-order valence-electron chi connectivity index (χ1n) is 8.53. The Morgan fingerprint density at radius 3 is 2.44 bits per heavy atom. The van der Waals surface area contributed by atoms with E-state index in [-0.39, 0.29) is 23.3 Å². The number of carbonyl (C=O) groups excluding carboxylic acids is 2. The second-order valence-electron chi connectivity index (χ2n) is 6.18. The van der Waals surface area contributed by atoms with Crippen LogP contribution in [0.1, 0.15) is 51.0 Å². The Kier molecular flexibility index (Phi) is 5.07. The van der Waals surface area contributed by atoms with Gasteiger partial charge in [0.2, 0.25) is 0 Å². The van der Waals surface area contributed by atoms with Gasteiger partial charge in [0.05, 0.1) is 6.04 Å². The molecule has 1 aromatic carbocycles. The van der Waals surface area contributed by atoms with Crippen molar-refractivity contribution >= 4 is 17.5 Å². The van der Waals surface area contributed by atoms with E-state index in [4.69, 9.17) is 4.52 Å². The number of anilines is 1. The van der Waals surface area contributed by atoms with Crippen LogP contribution in [0.15, 0.2) is 40.9 Å². The highest BCUT2D eigenvalue weighted by Crippen LogP contribution is 2.23. The van der Waals surface area contributed by atoms with Gasteiger partial charge in [-0.15, -0.1) is 0 Å². The first-order chi connectivity index (χ1) is 12.9. The maximum absolute atomic E-state index is 12.9. The van der Waals surface area contributed by atoms with Crippen LogP contribution < -0.4 is 10.6 Å². The second kappa shape index (κ2) is 7.45. The lowest BCUT2D eigenvalue weighted by molar-refractivity contribution is 0.0956. The third-order valence-corrected chi connectivity index (χ3v) is 4.35. The average molecular weight is 367 g/mol. The van der Waals surface area contributed by atoms with Crippen LogP contribution in [0, 0.1) is 13.8 Å². The fourth-order valence-electron chi connectivity index (χ4n) is 2.81. The van der Waals surface area contributed by atoms with Crippen molar-refractivity contribution in [2.24, 2.45) is 0 Å². The number of carbonyl (C=O) groups is 2. The van der Waals surface area contributed by atoms with Gasteiger partial charge in [0.15, 0.2) is 11.5 Å². The van der Waals surface area contributed by atoms with Gasteiger partial charge < -0.3 is 15.2 Å². The predicted octanol–water partition coefficient (Wildman–Crippen LogP) is 2.71. The van der Waals surface area contributed by atoms with E-state index in [9.17, 15) is 9.59 Å². The van der Waals surface area contributed by atoms with Crippen LogP contribution in [-0.4, -0.2) is 33.8 Å². The van der Waals surface area contributed by atoms with E-state index >= 15 is 0 Å². The minimum Gasteiger partial charge on any atom is -0.359 e. The summed E-state index contributed by atoms with van der Waals surface area (Å²) in [4.78, 5) is 25.0. The lowest BCUT2D eigenvalue weighted by Gasteiger charge is -2.16. The number of amides is 2. The van der Waals surface area contributed by atoms with Crippen molar-refractivity contribution in [3.05, 3.63) is 64.8 Å². The van der Waals surface area contributed by atoms with E-state index in [1.54, 1.807) is 18.5 Å². The summed E-state index contributed by atoms with van der Waals surface area (Å²) >= 11 is 0. The molecule has 0 aliphatic rings. The van der Waals surface area contributed by atoms with Crippen molar-refractivity contribution in [2.75, 3.05) is 12.4 Å². The molecular formula is C19H21N5O3. The van der Waals surface area contributed by atoms with Gasteiger partial charge in [0.1, 0.15) is 17.1 Å². The minimum atomic E-state index is -0.394. The Morgan fingerprint density at radius 2 is 1.85 bits per heavy atom. The van der Waals surface area contributed by atoms with Gasteiger partial charge >= 0.3 is 0 Å². The molecular weight excluding hydrogens is 346 g/mol. The van der Waals surface area contributed by atoms with Gasteiger partial charge in [-0.3, -0.25) is 14.3 Å². The number of nitrogens with one attached hydrogen (secondary N) is 2. The van der Waals surface area contributed by atoms with E-state index in [0.717, 1.165) is 5.56 Å². The number of aryl methyl sites for hydroxylation is 2. The molecule has 0 bridgehead atoms. The number of aromatic nitrogens is 3. The number of rotatable bonds is 5. The molecule has 1 unspecified atom stereocenters. The molecule has 2 heterocycles. The number of benzene rings is 1. The maximum Gasteiger partial charge on any atom is 0.274 e. The molecule has 0 spiro atoms. The molecule has 2 aromatic heterocycles. The van der Waals surface area contributed by atoms with Crippen LogP contribution in [0.3, 0.4) is 0 Å². The van der Waals surface area contributed by atoms with Crippen LogP contribution >= 0.6 is 0 Å². The molecule has 3 aromatic rings. The normalized spacial score (nSPS) is 11.9. The molecule has 0 saturated heterocycles. The van der Waals surface area contributed by atoms with Gasteiger partial charge in [-0.1, -0.05) is 35.5 Å². The zero-order valence-corrected chi connectivity index (χ0v) is 15.6. The van der Waals surface area contributed by atoms with Gasteiger partial charge in [0, 0.05) is 13.1 Å². The number of hydrogen-bond donors (Lipinski definition) is 2. The van der Waals surface area contributed by atoms with Crippen molar-refractivity contribution in [1.82, 2.24) is 20.3 Å². The van der Waals surface area contributed by atoms with E-state index in [1.165, 1.54) is 13.1 Å². The fourth-order valence-corrected chi connectivity index (χ4v) is 2.81. The highest BCUT2D eigenvalue weighted by Gasteiger charge is 2.24. The Balaban J connectivity index is 2.01. The summed E-state index contributed by atoms with van der Waals surface area (Å²) < 4.78 is 6.64. The molecule has 1 atom stereocenters. The third kappa shape index (κ3) is 3.59. The zero-order valence-electron chi connectivity index (χ0n) is 15.6. The molecule has 27 heavy (non-hydrogen) atoms. The van der Waals surface area contributed by atoms with Crippen LogP contribution in [-0.2, 0) is 0 Å². The quantitative estimate of drug-likeness (QED) is 0.722. The Labute approximate surface area is 156 Å². The summed E-state index contributed by atoms with van der Waals surface area (Å²) in [5.74, 6) is -0.246. The molecule has 0 radical (unpaired) electrons. The van der Waals surface area contributed by atoms with Gasteiger partial charge in [-0.2, -0.15) is 5.10 Å². The fraction of sp³-hybridized carbons (Fsp3) is 0.263. The van der Waals surface area contributed by atoms with E-state index in [1.807, 2.05) is 37.3 Å². The van der Waals surface area contributed by atoms with Crippen molar-refractivity contribution in [3.8, 4) is 0 Å². The average Bonchev–Trinajstić information content (AvgIpc) is 3.26. The van der Waals surface area contributed by atoms with E-state index in [0.29, 0.717) is 17.1 Å². The molecule has 3 rings (SSSR count). The lowest BCUT2D eigenvalue weighted by Crippen LogP contribution is -2.21. The van der Waals surface area contributed by atoms with Crippen LogP contribution in [0.25, 0.3) is 0 Å². The third-order valence-electron chi connectivity index (χ3n) is 4.35. The number of nitrogens with zero attached hydrogens (tertiary/aromatic N) is 3. The van der Waals surface area contributed by atoms with Crippen LogP contribution in [0.2, 0.25) is 0 Å². The van der Waals surface area contributed by atoms with E-state index in [2.05, 4.69) is 20.9 Å². The molecule has 2 amide bonds. The summed E-state index contributed by atoms with van der Waals surface area (Å²) in [5.41, 5.74) is 2.50. The summed E-state index contributed by atoms with van der Waals surface area (Å²) in [5, 5.41) is 13.5. The Bertz CT molecular complexity index is 955. The van der Waals surface area contributed by atoms with Gasteiger partial charge in [-0.25, -0.2) is 0 Å². The Hall–Kier alpha value is -3.42. The SMILES string of the molecule is CNC(=O)c1cc(C(=O)Nc2c(C)noc2C)n(C(C)c2ccccc2)n1. The summed E-state index contributed by atoms with van der Waals surface area (Å²) in [6.07, 6.45) is 0. The highest BCUT2D eigenvalue weighted by atomic mass is 16.5. The van der Waals surface area contributed by atoms with Crippen molar-refractivity contribution in [3.63, 3.8) is 0 Å². The molecule has 8 heteroatoms. The van der Waals surface area contributed by atoms with Crippen molar-refractivity contribution in [1.29, 1.82) is 0 Å². The molecule has 0 fully saturated rings.